The lowest BCUT2D eigenvalue weighted by Gasteiger charge is -2.35. The van der Waals surface area contributed by atoms with E-state index in [0.717, 1.165) is 66.2 Å². The summed E-state index contributed by atoms with van der Waals surface area (Å²) in [6.07, 6.45) is 2.47. The van der Waals surface area contributed by atoms with Gasteiger partial charge in [0.15, 0.2) is 5.16 Å². The van der Waals surface area contributed by atoms with E-state index in [2.05, 4.69) is 45.2 Å². The van der Waals surface area contributed by atoms with Crippen LogP contribution in [0.2, 0.25) is 0 Å². The van der Waals surface area contributed by atoms with Gasteiger partial charge in [-0.2, -0.15) is 0 Å². The molecule has 200 valence electrons. The third-order valence-electron chi connectivity index (χ3n) is 6.86. The Labute approximate surface area is 234 Å². The highest BCUT2D eigenvalue weighted by molar-refractivity contribution is 7.98. The van der Waals surface area contributed by atoms with Crippen LogP contribution in [0.1, 0.15) is 28.5 Å². The molecular formula is C31H34N6OS. The molecule has 0 spiro atoms. The molecule has 7 nitrogen and oxygen atoms in total. The van der Waals surface area contributed by atoms with Gasteiger partial charge in [0.2, 0.25) is 0 Å². The van der Waals surface area contributed by atoms with Crippen molar-refractivity contribution < 1.29 is 4.79 Å². The van der Waals surface area contributed by atoms with Gasteiger partial charge in [0.25, 0.3) is 5.91 Å². The highest BCUT2D eigenvalue weighted by Crippen LogP contribution is 2.28. The minimum atomic E-state index is -0.0754. The van der Waals surface area contributed by atoms with Gasteiger partial charge < -0.3 is 15.1 Å². The van der Waals surface area contributed by atoms with Crippen molar-refractivity contribution in [3.05, 3.63) is 102 Å². The molecule has 0 saturated carbocycles. The average molecular weight is 539 g/mol. The zero-order valence-corrected chi connectivity index (χ0v) is 23.1. The minimum absolute atomic E-state index is 0.0754. The first-order valence-corrected chi connectivity index (χ1v) is 14.5. The van der Waals surface area contributed by atoms with Crippen LogP contribution in [0.5, 0.6) is 0 Å². The average Bonchev–Trinajstić information content (AvgIpc) is 3.01. The van der Waals surface area contributed by atoms with Crippen molar-refractivity contribution in [2.75, 3.05) is 44.2 Å². The standard InChI is InChI=1S/C31H34N6OS/c1-2-36-17-19-37(20-18-36)29-22-28(25-10-4-3-5-11-25)34-31(35-29)39-23-24-9-8-12-26(21-24)30(38)33-16-14-27-13-6-7-15-32-27/h3-13,15,21-22H,2,14,16-20,23H2,1H3,(H,33,38). The van der Waals surface area contributed by atoms with Crippen LogP contribution in [-0.4, -0.2) is 65.0 Å². The van der Waals surface area contributed by atoms with Crippen LogP contribution < -0.4 is 10.2 Å². The van der Waals surface area contributed by atoms with Crippen LogP contribution in [0.3, 0.4) is 0 Å². The van der Waals surface area contributed by atoms with Crippen molar-refractivity contribution in [2.24, 2.45) is 0 Å². The summed E-state index contributed by atoms with van der Waals surface area (Å²) in [5, 5.41) is 3.75. The summed E-state index contributed by atoms with van der Waals surface area (Å²) in [6.45, 7) is 7.84. The van der Waals surface area contributed by atoms with Crippen molar-refractivity contribution >= 4 is 23.5 Å². The predicted octanol–water partition coefficient (Wildman–Crippen LogP) is 4.95. The molecule has 1 aliphatic rings. The second kappa shape index (κ2) is 13.4. The Balaban J connectivity index is 1.26. The fourth-order valence-electron chi connectivity index (χ4n) is 4.59. The Hall–Kier alpha value is -3.75. The molecule has 0 bridgehead atoms. The number of carbonyl (C=O) groups excluding carboxylic acids is 1. The maximum atomic E-state index is 12.8. The number of hydrogen-bond acceptors (Lipinski definition) is 7. The first-order valence-electron chi connectivity index (χ1n) is 13.5. The zero-order valence-electron chi connectivity index (χ0n) is 22.3. The second-order valence-corrected chi connectivity index (χ2v) is 10.4. The molecule has 0 unspecified atom stereocenters. The van der Waals surface area contributed by atoms with Crippen LogP contribution in [0.15, 0.2) is 90.2 Å². The van der Waals surface area contributed by atoms with Crippen molar-refractivity contribution in [2.45, 2.75) is 24.3 Å². The number of nitrogens with zero attached hydrogens (tertiary/aromatic N) is 5. The number of pyridine rings is 1. The predicted molar refractivity (Wildman–Crippen MR) is 158 cm³/mol. The minimum Gasteiger partial charge on any atom is -0.354 e. The summed E-state index contributed by atoms with van der Waals surface area (Å²) in [6, 6.07) is 26.0. The van der Waals surface area contributed by atoms with E-state index < -0.39 is 0 Å². The van der Waals surface area contributed by atoms with Gasteiger partial charge in [0.1, 0.15) is 5.82 Å². The molecule has 1 aliphatic heterocycles. The van der Waals surface area contributed by atoms with Crippen LogP contribution in [-0.2, 0) is 12.2 Å². The first kappa shape index (κ1) is 26.8. The maximum absolute atomic E-state index is 12.8. The molecule has 39 heavy (non-hydrogen) atoms. The number of aromatic nitrogens is 3. The van der Waals surface area contributed by atoms with Gasteiger partial charge in [-0.15, -0.1) is 0 Å². The van der Waals surface area contributed by atoms with Gasteiger partial charge in [-0.25, -0.2) is 9.97 Å². The molecule has 5 rings (SSSR count). The van der Waals surface area contributed by atoms with E-state index in [1.807, 2.05) is 60.7 Å². The third kappa shape index (κ3) is 7.43. The highest BCUT2D eigenvalue weighted by atomic mass is 32.2. The Morgan fingerprint density at radius 1 is 0.923 bits per heavy atom. The monoisotopic (exact) mass is 538 g/mol. The lowest BCUT2D eigenvalue weighted by molar-refractivity contribution is 0.0954. The normalized spacial score (nSPS) is 13.8. The Morgan fingerprint density at radius 2 is 1.74 bits per heavy atom. The van der Waals surface area contributed by atoms with Crippen molar-refractivity contribution in [3.8, 4) is 11.3 Å². The van der Waals surface area contributed by atoms with Gasteiger partial charge in [0.05, 0.1) is 5.69 Å². The zero-order chi connectivity index (χ0) is 26.9. The number of hydrogen-bond donors (Lipinski definition) is 1. The molecule has 8 heteroatoms. The highest BCUT2D eigenvalue weighted by Gasteiger charge is 2.19. The molecule has 3 heterocycles. The van der Waals surface area contributed by atoms with E-state index in [9.17, 15) is 4.79 Å². The number of anilines is 1. The Morgan fingerprint density at radius 3 is 2.51 bits per heavy atom. The molecule has 1 saturated heterocycles. The lowest BCUT2D eigenvalue weighted by Crippen LogP contribution is -2.46. The number of amides is 1. The fourth-order valence-corrected chi connectivity index (χ4v) is 5.39. The van der Waals surface area contributed by atoms with E-state index in [4.69, 9.17) is 9.97 Å². The Bertz CT molecular complexity index is 1360. The van der Waals surface area contributed by atoms with Crippen LogP contribution in [0.25, 0.3) is 11.3 Å². The summed E-state index contributed by atoms with van der Waals surface area (Å²) < 4.78 is 0. The van der Waals surface area contributed by atoms with Gasteiger partial charge >= 0.3 is 0 Å². The second-order valence-electron chi connectivity index (χ2n) is 9.50. The topological polar surface area (TPSA) is 74.2 Å². The number of carbonyl (C=O) groups is 1. The lowest BCUT2D eigenvalue weighted by atomic mass is 10.1. The summed E-state index contributed by atoms with van der Waals surface area (Å²) in [5.74, 6) is 1.58. The molecule has 0 radical (unpaired) electrons. The molecule has 0 atom stereocenters. The van der Waals surface area contributed by atoms with Gasteiger partial charge in [-0.1, -0.05) is 67.2 Å². The van der Waals surface area contributed by atoms with E-state index in [1.165, 1.54) is 0 Å². The molecular weight excluding hydrogens is 504 g/mol. The van der Waals surface area contributed by atoms with E-state index in [1.54, 1.807) is 18.0 Å². The van der Waals surface area contributed by atoms with Crippen molar-refractivity contribution in [3.63, 3.8) is 0 Å². The number of benzene rings is 2. The third-order valence-corrected chi connectivity index (χ3v) is 7.77. The van der Waals surface area contributed by atoms with Crippen molar-refractivity contribution in [1.82, 2.24) is 25.2 Å². The van der Waals surface area contributed by atoms with Crippen LogP contribution in [0.4, 0.5) is 5.82 Å². The molecule has 2 aromatic heterocycles. The number of thioether (sulfide) groups is 1. The van der Waals surface area contributed by atoms with Gasteiger partial charge in [0, 0.05) is 74.0 Å². The molecule has 1 fully saturated rings. The van der Waals surface area contributed by atoms with E-state index >= 15 is 0 Å². The van der Waals surface area contributed by atoms with E-state index in [-0.39, 0.29) is 5.91 Å². The summed E-state index contributed by atoms with van der Waals surface area (Å²) in [4.78, 5) is 31.7. The molecule has 4 aromatic rings. The molecule has 1 amide bonds. The number of likely N-dealkylation sites (N-methyl/N-ethyl adjacent to an activating group) is 1. The summed E-state index contributed by atoms with van der Waals surface area (Å²) in [5.41, 5.74) is 4.70. The Kier molecular flexibility index (Phi) is 9.19. The van der Waals surface area contributed by atoms with Crippen LogP contribution >= 0.6 is 11.8 Å². The molecule has 1 N–H and O–H groups in total. The number of piperazine rings is 1. The number of nitrogens with one attached hydrogen (secondary N) is 1. The summed E-state index contributed by atoms with van der Waals surface area (Å²) in [7, 11) is 0. The fraction of sp³-hybridized carbons (Fsp3) is 0.290. The first-order chi connectivity index (χ1) is 19.2. The largest absolute Gasteiger partial charge is 0.354 e. The summed E-state index contributed by atoms with van der Waals surface area (Å²) >= 11 is 1.60. The van der Waals surface area contributed by atoms with Gasteiger partial charge in [-0.05, 0) is 36.4 Å². The van der Waals surface area contributed by atoms with Crippen molar-refractivity contribution in [1.29, 1.82) is 0 Å². The molecule has 2 aromatic carbocycles. The van der Waals surface area contributed by atoms with Crippen LogP contribution in [0, 0.1) is 0 Å². The smallest absolute Gasteiger partial charge is 0.251 e. The quantitative estimate of drug-likeness (QED) is 0.226. The van der Waals surface area contributed by atoms with Gasteiger partial charge in [-0.3, -0.25) is 9.78 Å². The maximum Gasteiger partial charge on any atom is 0.251 e. The molecule has 0 aliphatic carbocycles. The number of rotatable bonds is 10. The SMILES string of the molecule is CCN1CCN(c2cc(-c3ccccc3)nc(SCc3cccc(C(=O)NCCc4ccccn4)c3)n2)CC1. The van der Waals surface area contributed by atoms with E-state index in [0.29, 0.717) is 24.3 Å².